The van der Waals surface area contributed by atoms with Crippen LogP contribution in [0.25, 0.3) is 5.78 Å². The van der Waals surface area contributed by atoms with Crippen LogP contribution in [0.3, 0.4) is 0 Å². The Morgan fingerprint density at radius 1 is 1.21 bits per heavy atom. The van der Waals surface area contributed by atoms with Gasteiger partial charge in [-0.05, 0) is 19.1 Å². The molecule has 1 aromatic carbocycles. The molecule has 0 amide bonds. The van der Waals surface area contributed by atoms with Crippen LogP contribution < -0.4 is 9.46 Å². The maximum atomic E-state index is 12.5. The van der Waals surface area contributed by atoms with E-state index in [4.69, 9.17) is 27.9 Å². The van der Waals surface area contributed by atoms with Gasteiger partial charge in [-0.1, -0.05) is 29.3 Å². The molecule has 11 heteroatoms. The van der Waals surface area contributed by atoms with E-state index in [1.54, 1.807) is 19.1 Å². The summed E-state index contributed by atoms with van der Waals surface area (Å²) in [6, 6.07) is 6.23. The number of hydrogen-bond donors (Lipinski definition) is 1. The summed E-state index contributed by atoms with van der Waals surface area (Å²) in [5, 5.41) is 3.76. The monoisotopic (exact) mass is 387 g/mol. The average molecular weight is 388 g/mol. The average Bonchev–Trinajstić information content (AvgIpc) is 2.95. The number of methoxy groups -OCH3 is 1. The summed E-state index contributed by atoms with van der Waals surface area (Å²) in [4.78, 5) is 8.06. The third-order valence-electron chi connectivity index (χ3n) is 3.04. The van der Waals surface area contributed by atoms with Crippen LogP contribution in [-0.4, -0.2) is 35.1 Å². The minimum atomic E-state index is -4.12. The van der Waals surface area contributed by atoms with E-state index >= 15 is 0 Å². The van der Waals surface area contributed by atoms with Crippen molar-refractivity contribution in [2.45, 2.75) is 12.1 Å². The van der Waals surface area contributed by atoms with Crippen molar-refractivity contribution in [3.8, 4) is 5.88 Å². The van der Waals surface area contributed by atoms with E-state index in [0.717, 1.165) is 0 Å². The predicted molar refractivity (Wildman–Crippen MR) is 89.3 cm³/mol. The molecule has 0 fully saturated rings. The maximum absolute atomic E-state index is 12.5. The van der Waals surface area contributed by atoms with Gasteiger partial charge in [0.1, 0.15) is 0 Å². The number of hydrogen-bond acceptors (Lipinski definition) is 6. The smallest absolute Gasteiger partial charge is 0.299 e. The Morgan fingerprint density at radius 2 is 1.88 bits per heavy atom. The molecule has 126 valence electrons. The molecule has 0 aliphatic heterocycles. The number of nitrogens with one attached hydrogen (secondary N) is 1. The predicted octanol–water partition coefficient (Wildman–Crippen LogP) is 2.55. The van der Waals surface area contributed by atoms with Crippen LogP contribution in [0.5, 0.6) is 5.88 Å². The first-order valence-electron chi connectivity index (χ1n) is 6.57. The third kappa shape index (κ3) is 2.97. The molecule has 0 spiro atoms. The van der Waals surface area contributed by atoms with Gasteiger partial charge < -0.3 is 4.74 Å². The zero-order chi connectivity index (χ0) is 17.5. The molecule has 0 aliphatic rings. The number of rotatable bonds is 4. The summed E-state index contributed by atoms with van der Waals surface area (Å²) in [5.74, 6) is 0.403. The van der Waals surface area contributed by atoms with Crippen molar-refractivity contribution in [2.24, 2.45) is 0 Å². The second-order valence-corrected chi connectivity index (χ2v) is 7.14. The number of halogens is 2. The Balaban J connectivity index is 2.09. The van der Waals surface area contributed by atoms with Crippen molar-refractivity contribution in [3.05, 3.63) is 40.0 Å². The maximum Gasteiger partial charge on any atom is 0.299 e. The molecule has 0 unspecified atom stereocenters. The zero-order valence-corrected chi connectivity index (χ0v) is 14.8. The second kappa shape index (κ2) is 6.08. The van der Waals surface area contributed by atoms with Gasteiger partial charge >= 0.3 is 0 Å². The highest BCUT2D eigenvalue weighted by molar-refractivity contribution is 7.92. The first-order chi connectivity index (χ1) is 11.3. The minimum absolute atomic E-state index is 0.0517. The molecular weight excluding hydrogens is 377 g/mol. The van der Waals surface area contributed by atoms with Crippen LogP contribution in [0.2, 0.25) is 10.0 Å². The van der Waals surface area contributed by atoms with Crippen LogP contribution in [0.4, 0.5) is 5.69 Å². The van der Waals surface area contributed by atoms with E-state index in [2.05, 4.69) is 19.8 Å². The van der Waals surface area contributed by atoms with Gasteiger partial charge in [0.15, 0.2) is 0 Å². The lowest BCUT2D eigenvalue weighted by Gasteiger charge is -2.08. The van der Waals surface area contributed by atoms with Crippen LogP contribution >= 0.6 is 23.2 Å². The van der Waals surface area contributed by atoms with Crippen molar-refractivity contribution in [2.75, 3.05) is 11.8 Å². The molecule has 3 rings (SSSR count). The van der Waals surface area contributed by atoms with Crippen LogP contribution in [0, 0.1) is 6.92 Å². The minimum Gasteiger partial charge on any atom is -0.481 e. The van der Waals surface area contributed by atoms with Gasteiger partial charge in [-0.25, -0.2) is 4.98 Å². The normalized spacial score (nSPS) is 11.7. The lowest BCUT2D eigenvalue weighted by atomic mass is 10.3. The number of fused-ring (bicyclic) bond motifs is 1. The number of ether oxygens (including phenoxy) is 1. The molecule has 0 saturated carbocycles. The van der Waals surface area contributed by atoms with Gasteiger partial charge in [0.25, 0.3) is 21.0 Å². The van der Waals surface area contributed by atoms with Gasteiger partial charge in [-0.15, -0.1) is 5.10 Å². The van der Waals surface area contributed by atoms with Crippen LogP contribution in [0.1, 0.15) is 5.69 Å². The molecule has 8 nitrogen and oxygen atoms in total. The fourth-order valence-electron chi connectivity index (χ4n) is 1.97. The van der Waals surface area contributed by atoms with Crippen molar-refractivity contribution in [1.29, 1.82) is 0 Å². The molecule has 0 aliphatic carbocycles. The molecule has 3 aromatic rings. The van der Waals surface area contributed by atoms with Crippen molar-refractivity contribution in [1.82, 2.24) is 19.6 Å². The fraction of sp³-hybridized carbons (Fsp3) is 0.154. The molecule has 0 bridgehead atoms. The topological polar surface area (TPSA) is 98.5 Å². The van der Waals surface area contributed by atoms with Crippen LogP contribution in [-0.2, 0) is 10.0 Å². The van der Waals surface area contributed by atoms with Gasteiger partial charge in [0.05, 0.1) is 22.8 Å². The van der Waals surface area contributed by atoms with Gasteiger partial charge in [-0.3, -0.25) is 4.72 Å². The number of nitrogens with zero attached hydrogens (tertiary/aromatic N) is 4. The summed E-state index contributed by atoms with van der Waals surface area (Å²) >= 11 is 12.0. The van der Waals surface area contributed by atoms with Crippen molar-refractivity contribution < 1.29 is 13.2 Å². The quantitative estimate of drug-likeness (QED) is 0.738. The van der Waals surface area contributed by atoms with Gasteiger partial charge in [0.2, 0.25) is 5.88 Å². The molecule has 2 heterocycles. The Bertz CT molecular complexity index is 1020. The summed E-state index contributed by atoms with van der Waals surface area (Å²) in [6.07, 6.45) is 0. The molecular formula is C13H11Cl2N5O3S. The Morgan fingerprint density at radius 3 is 2.50 bits per heavy atom. The van der Waals surface area contributed by atoms with Gasteiger partial charge in [-0.2, -0.15) is 17.9 Å². The number of anilines is 1. The van der Waals surface area contributed by atoms with Crippen molar-refractivity contribution in [3.63, 3.8) is 0 Å². The molecule has 1 N–H and O–H groups in total. The van der Waals surface area contributed by atoms with E-state index in [1.165, 1.54) is 23.8 Å². The van der Waals surface area contributed by atoms with Crippen LogP contribution in [0.15, 0.2) is 29.4 Å². The highest BCUT2D eigenvalue weighted by Crippen LogP contribution is 2.31. The standard InChI is InChI=1S/C13H11Cl2N5O3S/c1-7-6-10(23-2)20-12(16-7)17-13(18-20)24(21,22)19-11-8(14)4-3-5-9(11)15/h3-6,19H,1-2H3. The highest BCUT2D eigenvalue weighted by atomic mass is 35.5. The summed E-state index contributed by atoms with van der Waals surface area (Å²) in [6.45, 7) is 1.73. The lowest BCUT2D eigenvalue weighted by molar-refractivity contribution is 0.383. The van der Waals surface area contributed by atoms with Gasteiger partial charge in [0, 0.05) is 11.8 Å². The number of benzene rings is 1. The van der Waals surface area contributed by atoms with E-state index < -0.39 is 15.2 Å². The third-order valence-corrected chi connectivity index (χ3v) is 4.79. The summed E-state index contributed by atoms with van der Waals surface area (Å²) < 4.78 is 33.7. The van der Waals surface area contributed by atoms with Crippen molar-refractivity contribution >= 4 is 44.7 Å². The first-order valence-corrected chi connectivity index (χ1v) is 8.81. The lowest BCUT2D eigenvalue weighted by Crippen LogP contribution is -2.15. The number of aromatic nitrogens is 4. The highest BCUT2D eigenvalue weighted by Gasteiger charge is 2.24. The van der Waals surface area contributed by atoms with E-state index in [-0.39, 0.29) is 21.5 Å². The van der Waals surface area contributed by atoms with E-state index in [9.17, 15) is 8.42 Å². The Kier molecular flexibility index (Phi) is 4.24. The zero-order valence-electron chi connectivity index (χ0n) is 12.5. The molecule has 0 atom stereocenters. The second-order valence-electron chi connectivity index (χ2n) is 4.75. The fourth-order valence-corrected chi connectivity index (χ4v) is 3.55. The van der Waals surface area contributed by atoms with E-state index in [0.29, 0.717) is 11.6 Å². The molecule has 2 aromatic heterocycles. The van der Waals surface area contributed by atoms with E-state index in [1.807, 2.05) is 0 Å². The SMILES string of the molecule is COc1cc(C)nc2nc(S(=O)(=O)Nc3c(Cl)cccc3Cl)nn12. The molecule has 0 saturated heterocycles. The molecule has 24 heavy (non-hydrogen) atoms. The largest absolute Gasteiger partial charge is 0.481 e. The number of aryl methyl sites for hydroxylation is 1. The number of para-hydroxylation sites is 1. The summed E-state index contributed by atoms with van der Waals surface area (Å²) in [7, 11) is -2.68. The summed E-state index contributed by atoms with van der Waals surface area (Å²) in [5.41, 5.74) is 0.661. The Hall–Kier alpha value is -2.10. The Labute approximate surface area is 147 Å². The number of sulfonamides is 1. The first kappa shape index (κ1) is 16.7. The molecule has 0 radical (unpaired) electrons.